The van der Waals surface area contributed by atoms with Gasteiger partial charge in [0.25, 0.3) is 0 Å². The maximum Gasteiger partial charge on any atom is 0.123 e. The number of nitrogens with zero attached hydrogens (tertiary/aromatic N) is 3. The van der Waals surface area contributed by atoms with Crippen LogP contribution in [0.15, 0.2) is 85.5 Å². The summed E-state index contributed by atoms with van der Waals surface area (Å²) < 4.78 is 17.5. The molecule has 4 heteroatoms. The Morgan fingerprint density at radius 1 is 0.933 bits per heavy atom. The van der Waals surface area contributed by atoms with Gasteiger partial charge < -0.3 is 9.13 Å². The van der Waals surface area contributed by atoms with Crippen LogP contribution in [0, 0.1) is 19.7 Å². The van der Waals surface area contributed by atoms with Gasteiger partial charge in [-0.1, -0.05) is 30.3 Å². The molecular weight excluding hydrogens is 373 g/mol. The Hall–Kier alpha value is -3.66. The fourth-order valence-electron chi connectivity index (χ4n) is 4.07. The average Bonchev–Trinajstić information content (AvgIpc) is 3.36. The zero-order valence-corrected chi connectivity index (χ0v) is 17.0. The van der Waals surface area contributed by atoms with Crippen molar-refractivity contribution in [3.63, 3.8) is 0 Å². The number of rotatable bonds is 4. The first-order valence-corrected chi connectivity index (χ1v) is 10.0. The molecule has 30 heavy (non-hydrogen) atoms. The van der Waals surface area contributed by atoms with Crippen molar-refractivity contribution in [2.75, 3.05) is 0 Å². The SMILES string of the molecule is Cc1cn(-c2ccc(-c3cccc4c3ccn4Cc3ccc(F)cc3)cc2C)cn1. The van der Waals surface area contributed by atoms with Crippen molar-refractivity contribution >= 4 is 10.9 Å². The van der Waals surface area contributed by atoms with Gasteiger partial charge in [-0.15, -0.1) is 0 Å². The van der Waals surface area contributed by atoms with Crippen molar-refractivity contribution in [1.29, 1.82) is 0 Å². The lowest BCUT2D eigenvalue weighted by Crippen LogP contribution is -1.98. The Balaban J connectivity index is 1.53. The minimum Gasteiger partial charge on any atom is -0.343 e. The highest BCUT2D eigenvalue weighted by Gasteiger charge is 2.10. The van der Waals surface area contributed by atoms with E-state index in [1.165, 1.54) is 39.7 Å². The summed E-state index contributed by atoms with van der Waals surface area (Å²) in [6, 6.07) is 21.8. The van der Waals surface area contributed by atoms with E-state index in [0.717, 1.165) is 16.9 Å². The third-order valence-electron chi connectivity index (χ3n) is 5.58. The van der Waals surface area contributed by atoms with Crippen molar-refractivity contribution < 1.29 is 4.39 Å². The van der Waals surface area contributed by atoms with Gasteiger partial charge >= 0.3 is 0 Å². The van der Waals surface area contributed by atoms with Gasteiger partial charge in [0.2, 0.25) is 0 Å². The molecule has 3 aromatic carbocycles. The maximum absolute atomic E-state index is 13.2. The summed E-state index contributed by atoms with van der Waals surface area (Å²) in [7, 11) is 0. The molecule has 0 spiro atoms. The number of imidazole rings is 1. The second kappa shape index (κ2) is 7.30. The number of halogens is 1. The summed E-state index contributed by atoms with van der Waals surface area (Å²) in [5, 5.41) is 1.21. The Kier molecular flexibility index (Phi) is 4.47. The highest BCUT2D eigenvalue weighted by molar-refractivity contribution is 5.95. The molecule has 0 fully saturated rings. The van der Waals surface area contributed by atoms with E-state index in [0.29, 0.717) is 6.54 Å². The number of aryl methyl sites for hydroxylation is 2. The number of hydrogen-bond donors (Lipinski definition) is 0. The molecule has 5 rings (SSSR count). The molecule has 0 aliphatic rings. The van der Waals surface area contributed by atoms with Gasteiger partial charge in [-0.2, -0.15) is 0 Å². The van der Waals surface area contributed by atoms with Gasteiger partial charge in [0, 0.05) is 35.5 Å². The van der Waals surface area contributed by atoms with Crippen LogP contribution < -0.4 is 0 Å². The van der Waals surface area contributed by atoms with Gasteiger partial charge in [-0.05, 0) is 72.5 Å². The van der Waals surface area contributed by atoms with E-state index in [-0.39, 0.29) is 5.82 Å². The molecule has 2 aromatic heterocycles. The summed E-state index contributed by atoms with van der Waals surface area (Å²) in [6.07, 6.45) is 6.00. The van der Waals surface area contributed by atoms with E-state index < -0.39 is 0 Å². The molecule has 0 unspecified atom stereocenters. The van der Waals surface area contributed by atoms with E-state index in [4.69, 9.17) is 0 Å². The van der Waals surface area contributed by atoms with Crippen LogP contribution in [0.1, 0.15) is 16.8 Å². The van der Waals surface area contributed by atoms with Gasteiger partial charge in [-0.3, -0.25) is 0 Å². The van der Waals surface area contributed by atoms with Gasteiger partial charge in [0.15, 0.2) is 0 Å². The lowest BCUT2D eigenvalue weighted by Gasteiger charge is -2.11. The first-order chi connectivity index (χ1) is 14.6. The van der Waals surface area contributed by atoms with E-state index >= 15 is 0 Å². The molecule has 0 aliphatic heterocycles. The molecular formula is C26H22FN3. The van der Waals surface area contributed by atoms with Crippen molar-refractivity contribution in [2.45, 2.75) is 20.4 Å². The molecule has 0 bridgehead atoms. The zero-order chi connectivity index (χ0) is 20.7. The Labute approximate surface area is 175 Å². The highest BCUT2D eigenvalue weighted by Crippen LogP contribution is 2.31. The topological polar surface area (TPSA) is 22.8 Å². The fraction of sp³-hybridized carbons (Fsp3) is 0.115. The third-order valence-corrected chi connectivity index (χ3v) is 5.58. The fourth-order valence-corrected chi connectivity index (χ4v) is 4.07. The molecule has 2 heterocycles. The van der Waals surface area contributed by atoms with Crippen LogP contribution in [0.2, 0.25) is 0 Å². The number of aromatic nitrogens is 3. The number of hydrogen-bond acceptors (Lipinski definition) is 1. The minimum atomic E-state index is -0.205. The first kappa shape index (κ1) is 18.4. The largest absolute Gasteiger partial charge is 0.343 e. The highest BCUT2D eigenvalue weighted by atomic mass is 19.1. The van der Waals surface area contributed by atoms with Crippen LogP contribution >= 0.6 is 0 Å². The van der Waals surface area contributed by atoms with Gasteiger partial charge in [0.05, 0.1) is 12.0 Å². The van der Waals surface area contributed by atoms with Crippen LogP contribution in [-0.2, 0) is 6.54 Å². The van der Waals surface area contributed by atoms with E-state index in [9.17, 15) is 4.39 Å². The smallest absolute Gasteiger partial charge is 0.123 e. The first-order valence-electron chi connectivity index (χ1n) is 10.0. The molecule has 0 amide bonds. The van der Waals surface area contributed by atoms with Crippen molar-refractivity contribution in [1.82, 2.24) is 14.1 Å². The van der Waals surface area contributed by atoms with E-state index in [1.54, 1.807) is 0 Å². The normalized spacial score (nSPS) is 11.3. The lowest BCUT2D eigenvalue weighted by molar-refractivity contribution is 0.626. The number of fused-ring (bicyclic) bond motifs is 1. The summed E-state index contributed by atoms with van der Waals surface area (Å²) in [5.74, 6) is -0.205. The average molecular weight is 395 g/mol. The summed E-state index contributed by atoms with van der Waals surface area (Å²) in [4.78, 5) is 4.34. The predicted molar refractivity (Wildman–Crippen MR) is 119 cm³/mol. The minimum absolute atomic E-state index is 0.205. The molecule has 0 radical (unpaired) electrons. The molecule has 0 aliphatic carbocycles. The second-order valence-corrected chi connectivity index (χ2v) is 7.73. The molecule has 0 saturated carbocycles. The van der Waals surface area contributed by atoms with Crippen molar-refractivity contribution in [3.8, 4) is 16.8 Å². The molecule has 0 saturated heterocycles. The maximum atomic E-state index is 13.2. The predicted octanol–water partition coefficient (Wildman–Crippen LogP) is 6.30. The van der Waals surface area contributed by atoms with Crippen LogP contribution in [0.3, 0.4) is 0 Å². The van der Waals surface area contributed by atoms with Crippen LogP contribution in [0.4, 0.5) is 4.39 Å². The Morgan fingerprint density at radius 3 is 2.50 bits per heavy atom. The quantitative estimate of drug-likeness (QED) is 0.350. The summed E-state index contributed by atoms with van der Waals surface area (Å²) >= 11 is 0. The Bertz CT molecular complexity index is 1340. The monoisotopic (exact) mass is 395 g/mol. The van der Waals surface area contributed by atoms with Gasteiger partial charge in [-0.25, -0.2) is 9.37 Å². The lowest BCUT2D eigenvalue weighted by atomic mass is 9.99. The van der Waals surface area contributed by atoms with Crippen LogP contribution in [-0.4, -0.2) is 14.1 Å². The summed E-state index contributed by atoms with van der Waals surface area (Å²) in [6.45, 7) is 4.84. The Morgan fingerprint density at radius 2 is 1.77 bits per heavy atom. The van der Waals surface area contributed by atoms with E-state index in [2.05, 4.69) is 69.7 Å². The molecule has 0 N–H and O–H groups in total. The second-order valence-electron chi connectivity index (χ2n) is 7.73. The van der Waals surface area contributed by atoms with Crippen LogP contribution in [0.5, 0.6) is 0 Å². The summed E-state index contributed by atoms with van der Waals surface area (Å²) in [5.41, 5.74) is 8.00. The number of benzene rings is 3. The van der Waals surface area contributed by atoms with Crippen molar-refractivity contribution in [3.05, 3.63) is 108 Å². The zero-order valence-electron chi connectivity index (χ0n) is 17.0. The third kappa shape index (κ3) is 3.30. The standard InChI is InChI=1S/C26H22FN3/c1-18-14-21(8-11-25(18)30-15-19(2)28-17-30)23-4-3-5-26-24(23)12-13-29(26)16-20-6-9-22(27)10-7-20/h3-15,17H,16H2,1-2H3. The van der Waals surface area contributed by atoms with Crippen molar-refractivity contribution in [2.24, 2.45) is 0 Å². The van der Waals surface area contributed by atoms with Gasteiger partial charge in [0.1, 0.15) is 5.82 Å². The molecule has 148 valence electrons. The molecule has 5 aromatic rings. The molecule has 3 nitrogen and oxygen atoms in total. The molecule has 0 atom stereocenters. The van der Waals surface area contributed by atoms with Crippen LogP contribution in [0.25, 0.3) is 27.7 Å². The van der Waals surface area contributed by atoms with E-state index in [1.807, 2.05) is 31.6 Å².